The molecule has 2 heteroatoms. The Bertz CT molecular complexity index is 338. The van der Waals surface area contributed by atoms with E-state index in [2.05, 4.69) is 20.8 Å². The Morgan fingerprint density at radius 3 is 2.41 bits per heavy atom. The first kappa shape index (κ1) is 12.0. The molecule has 0 radical (unpaired) electrons. The second kappa shape index (κ2) is 3.27. The van der Waals surface area contributed by atoms with Gasteiger partial charge in [0.05, 0.1) is 11.7 Å². The van der Waals surface area contributed by atoms with Crippen LogP contribution in [0.25, 0.3) is 0 Å². The smallest absolute Gasteiger partial charge is 0.0685 e. The van der Waals surface area contributed by atoms with Gasteiger partial charge in [0.2, 0.25) is 0 Å². The van der Waals surface area contributed by atoms with E-state index in [9.17, 15) is 10.2 Å². The van der Waals surface area contributed by atoms with Gasteiger partial charge in [-0.15, -0.1) is 0 Å². The third kappa shape index (κ3) is 1.53. The van der Waals surface area contributed by atoms with Crippen molar-refractivity contribution in [1.29, 1.82) is 0 Å². The van der Waals surface area contributed by atoms with Crippen LogP contribution in [0.15, 0.2) is 0 Å². The molecule has 0 amide bonds. The molecule has 0 aromatic heterocycles. The topological polar surface area (TPSA) is 40.5 Å². The van der Waals surface area contributed by atoms with E-state index in [0.717, 1.165) is 38.5 Å². The maximum Gasteiger partial charge on any atom is 0.0685 e. The molecule has 2 N–H and O–H groups in total. The Morgan fingerprint density at radius 2 is 1.76 bits per heavy atom. The van der Waals surface area contributed by atoms with Crippen LogP contribution in [0.2, 0.25) is 0 Å². The Morgan fingerprint density at radius 1 is 1.06 bits per heavy atom. The van der Waals surface area contributed by atoms with Crippen LogP contribution in [0.4, 0.5) is 0 Å². The largest absolute Gasteiger partial charge is 0.393 e. The Kier molecular flexibility index (Phi) is 2.30. The third-order valence-corrected chi connectivity index (χ3v) is 6.27. The molecule has 5 atom stereocenters. The number of hydrogen-bond acceptors (Lipinski definition) is 2. The summed E-state index contributed by atoms with van der Waals surface area (Å²) in [7, 11) is 0. The van der Waals surface area contributed by atoms with E-state index in [0.29, 0.717) is 17.3 Å². The van der Waals surface area contributed by atoms with Gasteiger partial charge in [-0.05, 0) is 61.2 Å². The SMILES string of the molecule is CC1(C)C[C@H]2[C@@H]1C[C@H](O)[C@@]1(C)CCC[C@@]2(O)C1. The van der Waals surface area contributed by atoms with Gasteiger partial charge >= 0.3 is 0 Å². The molecule has 98 valence electrons. The van der Waals surface area contributed by atoms with Crippen molar-refractivity contribution in [2.45, 2.75) is 71.0 Å². The highest BCUT2D eigenvalue weighted by molar-refractivity contribution is 5.12. The minimum Gasteiger partial charge on any atom is -0.393 e. The fraction of sp³-hybridized carbons (Fsp3) is 1.00. The van der Waals surface area contributed by atoms with Crippen LogP contribution >= 0.6 is 0 Å². The lowest BCUT2D eigenvalue weighted by Gasteiger charge is -2.57. The molecule has 2 bridgehead atoms. The lowest BCUT2D eigenvalue weighted by Crippen LogP contribution is -2.56. The standard InChI is InChI=1S/C15H26O2/c1-13(2)8-11-10(13)7-12(16)14(3)5-4-6-15(11,17)9-14/h10-12,16-17H,4-9H2,1-3H3/t10-,11-,12-,14-,15+/m0/s1. The molecule has 0 unspecified atom stereocenters. The Balaban J connectivity index is 1.97. The van der Waals surface area contributed by atoms with Crippen molar-refractivity contribution in [2.75, 3.05) is 0 Å². The molecule has 0 aliphatic heterocycles. The van der Waals surface area contributed by atoms with Crippen LogP contribution in [0.1, 0.15) is 59.3 Å². The van der Waals surface area contributed by atoms with Crippen molar-refractivity contribution < 1.29 is 10.2 Å². The van der Waals surface area contributed by atoms with E-state index in [1.54, 1.807) is 0 Å². The van der Waals surface area contributed by atoms with Crippen LogP contribution in [-0.2, 0) is 0 Å². The molecule has 2 nitrogen and oxygen atoms in total. The zero-order valence-corrected chi connectivity index (χ0v) is 11.4. The van der Waals surface area contributed by atoms with Crippen LogP contribution in [-0.4, -0.2) is 21.9 Å². The van der Waals surface area contributed by atoms with Crippen LogP contribution in [0.3, 0.4) is 0 Å². The minimum atomic E-state index is -0.481. The summed E-state index contributed by atoms with van der Waals surface area (Å²) in [5.74, 6) is 0.955. The fourth-order valence-corrected chi connectivity index (χ4v) is 5.09. The summed E-state index contributed by atoms with van der Waals surface area (Å²) in [5, 5.41) is 21.5. The van der Waals surface area contributed by atoms with Crippen molar-refractivity contribution in [3.63, 3.8) is 0 Å². The molecule has 3 saturated carbocycles. The van der Waals surface area contributed by atoms with Gasteiger partial charge in [0.25, 0.3) is 0 Å². The van der Waals surface area contributed by atoms with Gasteiger partial charge in [-0.3, -0.25) is 0 Å². The number of aliphatic hydroxyl groups is 2. The highest BCUT2D eigenvalue weighted by atomic mass is 16.3. The molecule has 0 spiro atoms. The van der Waals surface area contributed by atoms with Gasteiger partial charge in [-0.2, -0.15) is 0 Å². The molecule has 3 rings (SSSR count). The van der Waals surface area contributed by atoms with Gasteiger partial charge in [-0.1, -0.05) is 20.8 Å². The highest BCUT2D eigenvalue weighted by Gasteiger charge is 2.62. The van der Waals surface area contributed by atoms with Crippen LogP contribution in [0.5, 0.6) is 0 Å². The maximum atomic E-state index is 11.0. The molecular formula is C15H26O2. The van der Waals surface area contributed by atoms with E-state index in [-0.39, 0.29) is 11.5 Å². The summed E-state index contributed by atoms with van der Waals surface area (Å²) < 4.78 is 0. The van der Waals surface area contributed by atoms with Gasteiger partial charge in [-0.25, -0.2) is 0 Å². The molecule has 0 aromatic rings. The average Bonchev–Trinajstić information content (AvgIpc) is 2.25. The van der Waals surface area contributed by atoms with E-state index in [1.807, 2.05) is 0 Å². The predicted molar refractivity (Wildman–Crippen MR) is 67.5 cm³/mol. The van der Waals surface area contributed by atoms with Crippen LogP contribution in [0, 0.1) is 22.7 Å². The van der Waals surface area contributed by atoms with Crippen molar-refractivity contribution in [2.24, 2.45) is 22.7 Å². The van der Waals surface area contributed by atoms with Gasteiger partial charge in [0, 0.05) is 0 Å². The van der Waals surface area contributed by atoms with E-state index < -0.39 is 5.60 Å². The first-order valence-corrected chi connectivity index (χ1v) is 7.17. The van der Waals surface area contributed by atoms with E-state index >= 15 is 0 Å². The zero-order chi connectivity index (χ0) is 12.5. The zero-order valence-electron chi connectivity index (χ0n) is 11.4. The first-order valence-electron chi connectivity index (χ1n) is 7.17. The second-order valence-electron chi connectivity index (χ2n) is 7.95. The average molecular weight is 238 g/mol. The Hall–Kier alpha value is -0.0800. The number of rotatable bonds is 0. The predicted octanol–water partition coefficient (Wildman–Crippen LogP) is 2.72. The van der Waals surface area contributed by atoms with Crippen molar-refractivity contribution in [3.8, 4) is 0 Å². The quantitative estimate of drug-likeness (QED) is 0.681. The van der Waals surface area contributed by atoms with Gasteiger partial charge < -0.3 is 10.2 Å². The van der Waals surface area contributed by atoms with Crippen LogP contribution < -0.4 is 0 Å². The summed E-state index contributed by atoms with van der Waals surface area (Å²) >= 11 is 0. The van der Waals surface area contributed by atoms with Crippen molar-refractivity contribution >= 4 is 0 Å². The van der Waals surface area contributed by atoms with E-state index in [1.165, 1.54) is 0 Å². The normalized spacial score (nSPS) is 56.6. The molecule has 0 aromatic carbocycles. The molecule has 3 aliphatic carbocycles. The minimum absolute atomic E-state index is 0.0413. The summed E-state index contributed by atoms with van der Waals surface area (Å²) in [6.45, 7) is 6.77. The molecule has 17 heavy (non-hydrogen) atoms. The summed E-state index contributed by atoms with van der Waals surface area (Å²) in [6.07, 6.45) is 5.74. The summed E-state index contributed by atoms with van der Waals surface area (Å²) in [4.78, 5) is 0. The lowest BCUT2D eigenvalue weighted by molar-refractivity contribution is -0.161. The molecule has 3 aliphatic rings. The molecule has 3 fully saturated rings. The van der Waals surface area contributed by atoms with Crippen molar-refractivity contribution in [1.82, 2.24) is 0 Å². The fourth-order valence-electron chi connectivity index (χ4n) is 5.09. The summed E-state index contributed by atoms with van der Waals surface area (Å²) in [6, 6.07) is 0. The number of aliphatic hydroxyl groups excluding tert-OH is 1. The van der Waals surface area contributed by atoms with Crippen molar-refractivity contribution in [3.05, 3.63) is 0 Å². The third-order valence-electron chi connectivity index (χ3n) is 6.27. The monoisotopic (exact) mass is 238 g/mol. The summed E-state index contributed by atoms with van der Waals surface area (Å²) in [5.41, 5.74) is -0.208. The lowest BCUT2D eigenvalue weighted by atomic mass is 9.49. The second-order valence-corrected chi connectivity index (χ2v) is 7.95. The molecule has 0 saturated heterocycles. The molecule has 0 heterocycles. The Labute approximate surface area is 104 Å². The van der Waals surface area contributed by atoms with Gasteiger partial charge in [0.15, 0.2) is 0 Å². The van der Waals surface area contributed by atoms with E-state index in [4.69, 9.17) is 0 Å². The number of fused-ring (bicyclic) bond motifs is 4. The molecular weight excluding hydrogens is 212 g/mol. The maximum absolute atomic E-state index is 11.0. The highest BCUT2D eigenvalue weighted by Crippen LogP contribution is 2.64. The van der Waals surface area contributed by atoms with Gasteiger partial charge in [0.1, 0.15) is 0 Å². The first-order chi connectivity index (χ1) is 7.77. The number of hydrogen-bond donors (Lipinski definition) is 2.